The quantitative estimate of drug-likeness (QED) is 0.758. The first kappa shape index (κ1) is 17.0. The topological polar surface area (TPSA) is 67.4 Å². The standard InChI is InChI=1S/C13H21FN2O3S/c1-4-15-9-11-5-6-12(14)13(7-11)20(17,18)16-8-10(2)19-3/h5-7,10,15-16H,4,8-9H2,1-3H3. The molecule has 0 aliphatic rings. The summed E-state index contributed by atoms with van der Waals surface area (Å²) in [5, 5.41) is 3.06. The van der Waals surface area contributed by atoms with Crippen LogP contribution < -0.4 is 10.0 Å². The van der Waals surface area contributed by atoms with E-state index in [-0.39, 0.29) is 17.5 Å². The predicted molar refractivity (Wildman–Crippen MR) is 75.4 cm³/mol. The largest absolute Gasteiger partial charge is 0.380 e. The maximum absolute atomic E-state index is 13.7. The van der Waals surface area contributed by atoms with Crippen LogP contribution in [0.15, 0.2) is 23.1 Å². The minimum Gasteiger partial charge on any atom is -0.380 e. The number of benzene rings is 1. The minimum atomic E-state index is -3.88. The first-order chi connectivity index (χ1) is 9.40. The van der Waals surface area contributed by atoms with Crippen molar-refractivity contribution < 1.29 is 17.5 Å². The van der Waals surface area contributed by atoms with Crippen LogP contribution in [0.2, 0.25) is 0 Å². The van der Waals surface area contributed by atoms with Crippen LogP contribution >= 0.6 is 0 Å². The van der Waals surface area contributed by atoms with Crippen LogP contribution in [-0.4, -0.2) is 34.7 Å². The van der Waals surface area contributed by atoms with Crippen LogP contribution in [0, 0.1) is 5.82 Å². The lowest BCUT2D eigenvalue weighted by atomic mass is 10.2. The van der Waals surface area contributed by atoms with Gasteiger partial charge in [0.05, 0.1) is 6.10 Å². The molecule has 1 aromatic rings. The molecule has 0 amide bonds. The molecule has 0 spiro atoms. The van der Waals surface area contributed by atoms with Crippen LogP contribution in [0.3, 0.4) is 0 Å². The van der Waals surface area contributed by atoms with Gasteiger partial charge in [-0.05, 0) is 31.2 Å². The zero-order valence-electron chi connectivity index (χ0n) is 11.9. The van der Waals surface area contributed by atoms with Gasteiger partial charge < -0.3 is 10.1 Å². The SMILES string of the molecule is CCNCc1ccc(F)c(S(=O)(=O)NCC(C)OC)c1. The third-order valence-corrected chi connectivity index (χ3v) is 4.27. The second kappa shape index (κ2) is 7.68. The van der Waals surface area contributed by atoms with E-state index in [4.69, 9.17) is 4.74 Å². The third kappa shape index (κ3) is 4.82. The number of ether oxygens (including phenoxy) is 1. The van der Waals surface area contributed by atoms with Crippen molar-refractivity contribution in [2.75, 3.05) is 20.2 Å². The number of nitrogens with one attached hydrogen (secondary N) is 2. The fourth-order valence-corrected chi connectivity index (χ4v) is 2.76. The summed E-state index contributed by atoms with van der Waals surface area (Å²) in [6, 6.07) is 4.08. The van der Waals surface area contributed by atoms with Crippen molar-refractivity contribution in [1.82, 2.24) is 10.0 Å². The maximum atomic E-state index is 13.7. The Morgan fingerprint density at radius 3 is 2.70 bits per heavy atom. The molecule has 0 saturated heterocycles. The van der Waals surface area contributed by atoms with E-state index >= 15 is 0 Å². The molecule has 0 fully saturated rings. The molecule has 7 heteroatoms. The number of hydrogen-bond acceptors (Lipinski definition) is 4. The molecule has 0 saturated carbocycles. The van der Waals surface area contributed by atoms with Gasteiger partial charge in [0.25, 0.3) is 0 Å². The molecule has 2 N–H and O–H groups in total. The van der Waals surface area contributed by atoms with Crippen molar-refractivity contribution in [3.05, 3.63) is 29.6 Å². The third-order valence-electron chi connectivity index (χ3n) is 2.83. The lowest BCUT2D eigenvalue weighted by molar-refractivity contribution is 0.122. The molecule has 1 aromatic carbocycles. The first-order valence-corrected chi connectivity index (χ1v) is 7.90. The smallest absolute Gasteiger partial charge is 0.243 e. The summed E-state index contributed by atoms with van der Waals surface area (Å²) in [7, 11) is -2.39. The van der Waals surface area contributed by atoms with Gasteiger partial charge in [-0.2, -0.15) is 0 Å². The second-order valence-corrected chi connectivity index (χ2v) is 6.18. The Labute approximate surface area is 119 Å². The zero-order chi connectivity index (χ0) is 15.2. The molecular weight excluding hydrogens is 283 g/mol. The van der Waals surface area contributed by atoms with Crippen LogP contribution in [-0.2, 0) is 21.3 Å². The zero-order valence-corrected chi connectivity index (χ0v) is 12.8. The molecule has 1 unspecified atom stereocenters. The summed E-state index contributed by atoms with van der Waals surface area (Å²) >= 11 is 0. The van der Waals surface area contributed by atoms with Crippen molar-refractivity contribution in [2.24, 2.45) is 0 Å². The Bertz CT molecular complexity index is 534. The van der Waals surface area contributed by atoms with Gasteiger partial charge in [0.15, 0.2) is 0 Å². The van der Waals surface area contributed by atoms with Crippen LogP contribution in [0.25, 0.3) is 0 Å². The van der Waals surface area contributed by atoms with Crippen molar-refractivity contribution in [1.29, 1.82) is 0 Å². The fraction of sp³-hybridized carbons (Fsp3) is 0.538. The van der Waals surface area contributed by atoms with E-state index in [1.165, 1.54) is 19.2 Å². The molecule has 0 heterocycles. The van der Waals surface area contributed by atoms with Gasteiger partial charge in [-0.3, -0.25) is 0 Å². The van der Waals surface area contributed by atoms with E-state index in [9.17, 15) is 12.8 Å². The van der Waals surface area contributed by atoms with E-state index in [2.05, 4.69) is 10.0 Å². The van der Waals surface area contributed by atoms with Crippen LogP contribution in [0.1, 0.15) is 19.4 Å². The van der Waals surface area contributed by atoms with Gasteiger partial charge in [0, 0.05) is 20.2 Å². The summed E-state index contributed by atoms with van der Waals surface area (Å²) in [5.74, 6) is -0.761. The summed E-state index contributed by atoms with van der Waals surface area (Å²) in [5.41, 5.74) is 0.716. The molecule has 5 nitrogen and oxygen atoms in total. The van der Waals surface area contributed by atoms with Gasteiger partial charge in [-0.15, -0.1) is 0 Å². The van der Waals surface area contributed by atoms with Gasteiger partial charge in [-0.25, -0.2) is 17.5 Å². The molecule has 0 bridgehead atoms. The van der Waals surface area contributed by atoms with Crippen molar-refractivity contribution >= 4 is 10.0 Å². The number of hydrogen-bond donors (Lipinski definition) is 2. The van der Waals surface area contributed by atoms with Gasteiger partial charge in [-0.1, -0.05) is 13.0 Å². The monoisotopic (exact) mass is 304 g/mol. The normalized spacial score (nSPS) is 13.4. The molecule has 0 aliphatic heterocycles. The summed E-state index contributed by atoms with van der Waals surface area (Å²) in [6.45, 7) is 5.00. The summed E-state index contributed by atoms with van der Waals surface area (Å²) in [4.78, 5) is -0.337. The van der Waals surface area contributed by atoms with E-state index in [0.717, 1.165) is 6.54 Å². The average Bonchev–Trinajstić information content (AvgIpc) is 2.43. The van der Waals surface area contributed by atoms with Crippen molar-refractivity contribution in [3.63, 3.8) is 0 Å². The lowest BCUT2D eigenvalue weighted by Crippen LogP contribution is -2.32. The summed E-state index contributed by atoms with van der Waals surface area (Å²) in [6.07, 6.45) is -0.280. The fourth-order valence-electron chi connectivity index (χ4n) is 1.52. The summed E-state index contributed by atoms with van der Waals surface area (Å²) < 4.78 is 45.2. The number of methoxy groups -OCH3 is 1. The van der Waals surface area contributed by atoms with E-state index in [1.807, 2.05) is 6.92 Å². The predicted octanol–water partition coefficient (Wildman–Crippen LogP) is 1.25. The highest BCUT2D eigenvalue weighted by molar-refractivity contribution is 7.89. The van der Waals surface area contributed by atoms with Crippen molar-refractivity contribution in [2.45, 2.75) is 31.4 Å². The molecule has 0 aliphatic carbocycles. The Hall–Kier alpha value is -1.02. The lowest BCUT2D eigenvalue weighted by Gasteiger charge is -2.12. The van der Waals surface area contributed by atoms with Gasteiger partial charge in [0.1, 0.15) is 10.7 Å². The van der Waals surface area contributed by atoms with E-state index in [0.29, 0.717) is 12.1 Å². The first-order valence-electron chi connectivity index (χ1n) is 6.42. The highest BCUT2D eigenvalue weighted by Crippen LogP contribution is 2.16. The molecule has 114 valence electrons. The molecular formula is C13H21FN2O3S. The second-order valence-electron chi connectivity index (χ2n) is 4.44. The van der Waals surface area contributed by atoms with Crippen LogP contribution in [0.5, 0.6) is 0 Å². The Morgan fingerprint density at radius 1 is 1.40 bits per heavy atom. The molecule has 0 radical (unpaired) electrons. The molecule has 1 rings (SSSR count). The average molecular weight is 304 g/mol. The minimum absolute atomic E-state index is 0.0930. The Balaban J connectivity index is 2.92. The van der Waals surface area contributed by atoms with E-state index < -0.39 is 15.8 Å². The molecule has 1 atom stereocenters. The highest BCUT2D eigenvalue weighted by Gasteiger charge is 2.20. The highest BCUT2D eigenvalue weighted by atomic mass is 32.2. The Kier molecular flexibility index (Phi) is 6.54. The maximum Gasteiger partial charge on any atom is 0.243 e. The number of rotatable bonds is 8. The van der Waals surface area contributed by atoms with Crippen molar-refractivity contribution in [3.8, 4) is 0 Å². The Morgan fingerprint density at radius 2 is 2.10 bits per heavy atom. The number of halogens is 1. The van der Waals surface area contributed by atoms with Crippen LogP contribution in [0.4, 0.5) is 4.39 Å². The molecule has 0 aromatic heterocycles. The van der Waals surface area contributed by atoms with Gasteiger partial charge >= 0.3 is 0 Å². The number of sulfonamides is 1. The molecule has 20 heavy (non-hydrogen) atoms. The van der Waals surface area contributed by atoms with E-state index in [1.54, 1.807) is 13.0 Å². The van der Waals surface area contributed by atoms with Gasteiger partial charge in [0.2, 0.25) is 10.0 Å².